The maximum absolute atomic E-state index is 11.5. The van der Waals surface area contributed by atoms with E-state index >= 15 is 0 Å². The number of nitrogens with one attached hydrogen (secondary N) is 4. The van der Waals surface area contributed by atoms with Gasteiger partial charge < -0.3 is 33.5 Å². The average molecular weight is 1310 g/mol. The van der Waals surface area contributed by atoms with Gasteiger partial charge in [-0.15, -0.1) is 5.10 Å². The van der Waals surface area contributed by atoms with Crippen LogP contribution in [-0.2, 0) is 10.3 Å². The van der Waals surface area contributed by atoms with E-state index in [2.05, 4.69) is 131 Å². The first-order valence-corrected chi connectivity index (χ1v) is 30.4. The molecule has 0 fully saturated rings. The van der Waals surface area contributed by atoms with Crippen molar-refractivity contribution in [3.8, 4) is 0 Å². The van der Waals surface area contributed by atoms with Crippen molar-refractivity contribution in [2.75, 3.05) is 0 Å². The summed E-state index contributed by atoms with van der Waals surface area (Å²) in [5.41, 5.74) is 7.72. The van der Waals surface area contributed by atoms with Gasteiger partial charge in [-0.05, 0) is 171 Å². The fraction of sp³-hybridized carbons (Fsp3) is 0.507. The van der Waals surface area contributed by atoms with E-state index in [1.165, 1.54) is 6.92 Å². The molecule has 0 aromatic carbocycles. The van der Waals surface area contributed by atoms with E-state index in [-0.39, 0.29) is 74.4 Å². The van der Waals surface area contributed by atoms with Crippen LogP contribution in [0.25, 0.3) is 44.5 Å². The van der Waals surface area contributed by atoms with Gasteiger partial charge in [-0.1, -0.05) is 28.9 Å². The number of aromatic amines is 3. The lowest BCUT2D eigenvalue weighted by atomic mass is 10.1. The standard InChI is InChI=1S/C11H15N3.C10H14N4.C9H12N4O2.C9H12N4O.2C9H14N2O.C7H11N3O.3CH4/c1-7(2)14-6-5-10-8(3)12-9(4)13-11(10)14;1-6(2)14-5-11-9-7(3)12-8(4)13-10(9)14;1-9(2,3)13-4-10-5-6(13)11-8(15)12-7(5)14;1-5(2)13-4-10-7-8(13)11-6(3)12-9(7)14;1-6(2)11-5-7(3)9(12)10-8(11)4;1-6(2)11-5-7(3)8(4)10-9(11)12;1-5(2)10-4-8-7(9-10)6(3)11;;;/h5-7H,1-4H3;5-6H,1-4H3;4H,1-3H3,(H2,11,12,14,15);4-5H,1-3H3,(H,11,12,14);5-6H,4H2,1-3H3,(H,10,12);5-6H,1-4H3;4-5H,1-3H3;3*1H4. The number of carbonyl (C=O) groups excluding carboxylic acids is 2. The smallest absolute Gasteiger partial charge is 0.332 e. The average Bonchev–Trinajstić information content (AvgIpc) is 1.86. The zero-order valence-electron chi connectivity index (χ0n) is 57.8. The van der Waals surface area contributed by atoms with E-state index in [1.54, 1.807) is 46.6 Å². The van der Waals surface area contributed by atoms with Crippen LogP contribution in [0.5, 0.6) is 0 Å². The lowest BCUT2D eigenvalue weighted by Crippen LogP contribution is -2.40. The molecule has 518 valence electrons. The van der Waals surface area contributed by atoms with E-state index in [0.717, 1.165) is 62.1 Å². The molecule has 10 aromatic heterocycles. The van der Waals surface area contributed by atoms with Crippen LogP contribution in [-0.4, -0.2) is 120 Å². The fourth-order valence-electron chi connectivity index (χ4n) is 8.97. The first-order valence-electron chi connectivity index (χ1n) is 30.4. The van der Waals surface area contributed by atoms with Crippen molar-refractivity contribution < 1.29 is 9.59 Å². The number of aryl methyl sites for hydroxylation is 7. The van der Waals surface area contributed by atoms with Crippen LogP contribution >= 0.6 is 0 Å². The highest BCUT2D eigenvalue weighted by molar-refractivity contribution is 5.94. The molecule has 1 aliphatic heterocycles. The van der Waals surface area contributed by atoms with E-state index in [1.807, 2.05) is 146 Å². The monoisotopic (exact) mass is 1310 g/mol. The molecule has 0 spiro atoms. The molecule has 0 unspecified atom stereocenters. The van der Waals surface area contributed by atoms with Gasteiger partial charge in [0.2, 0.25) is 5.82 Å². The predicted molar refractivity (Wildman–Crippen MR) is 379 cm³/mol. The Bertz CT molecular complexity index is 4420. The van der Waals surface area contributed by atoms with Crippen molar-refractivity contribution in [3.63, 3.8) is 0 Å². The molecule has 28 heteroatoms. The Morgan fingerprint density at radius 3 is 1.56 bits per heavy atom. The van der Waals surface area contributed by atoms with Crippen LogP contribution < -0.4 is 27.8 Å². The number of H-pyrrole nitrogens is 3. The Kier molecular flexibility index (Phi) is 29.3. The summed E-state index contributed by atoms with van der Waals surface area (Å²) < 4.78 is 11.2. The Morgan fingerprint density at radius 2 is 1.05 bits per heavy atom. The summed E-state index contributed by atoms with van der Waals surface area (Å²) in [6.07, 6.45) is 12.4. The summed E-state index contributed by atoms with van der Waals surface area (Å²) in [4.78, 5) is 118. The van der Waals surface area contributed by atoms with E-state index in [0.29, 0.717) is 52.4 Å². The number of ketones is 1. The SMILES string of the molecule is C.C.C.C=C1NC(=O)C(C)=CN1C(C)C.CC(=O)c1ncn(C(C)C)n1.CC(C)(C)n1cnc2c(=O)[nH]c(=O)[nH]c21.Cc1cn(C(C)C)c(=O)nc1C.Cc1nc(C)c2ccn(C(C)C)c2n1.Cc1nc(C)c2ncn(C(C)C)c2n1.Cc1nc2c(ncn2C(C)C)c(=O)[nH]1. The summed E-state index contributed by atoms with van der Waals surface area (Å²) in [6.45, 7) is 50.9. The number of imidazole rings is 3. The minimum Gasteiger partial charge on any atom is -0.332 e. The van der Waals surface area contributed by atoms with E-state index in [9.17, 15) is 28.8 Å². The highest BCUT2D eigenvalue weighted by Crippen LogP contribution is 2.22. The number of hydrogen-bond donors (Lipinski definition) is 4. The van der Waals surface area contributed by atoms with Crippen molar-refractivity contribution >= 4 is 56.2 Å². The van der Waals surface area contributed by atoms with Crippen molar-refractivity contribution in [3.05, 3.63) is 156 Å². The molecule has 95 heavy (non-hydrogen) atoms. The van der Waals surface area contributed by atoms with Gasteiger partial charge in [-0.3, -0.25) is 33.7 Å². The van der Waals surface area contributed by atoms with Crippen LogP contribution in [0.3, 0.4) is 0 Å². The van der Waals surface area contributed by atoms with E-state index < -0.39 is 11.2 Å². The molecule has 10 aromatic rings. The third kappa shape index (κ3) is 20.8. The molecule has 0 radical (unpaired) electrons. The van der Waals surface area contributed by atoms with Gasteiger partial charge in [0, 0.05) is 84.0 Å². The Morgan fingerprint density at radius 1 is 0.537 bits per heavy atom. The largest absolute Gasteiger partial charge is 0.348 e. The number of aromatic nitrogens is 20. The molecule has 0 atom stereocenters. The fourth-order valence-corrected chi connectivity index (χ4v) is 8.97. The van der Waals surface area contributed by atoms with Gasteiger partial charge in [0.05, 0.1) is 30.4 Å². The third-order valence-corrected chi connectivity index (χ3v) is 14.1. The molecular weight excluding hydrogens is 1210 g/mol. The van der Waals surface area contributed by atoms with Crippen LogP contribution in [0.15, 0.2) is 87.1 Å². The van der Waals surface area contributed by atoms with Gasteiger partial charge >= 0.3 is 11.4 Å². The van der Waals surface area contributed by atoms with Crippen LogP contribution in [0.1, 0.15) is 221 Å². The number of carbonyl (C=O) groups is 2. The molecule has 4 N–H and O–H groups in total. The molecule has 0 saturated heterocycles. The van der Waals surface area contributed by atoms with Gasteiger partial charge in [0.15, 0.2) is 28.1 Å². The number of amides is 1. The zero-order valence-corrected chi connectivity index (χ0v) is 57.8. The minimum absolute atomic E-state index is 0. The highest BCUT2D eigenvalue weighted by atomic mass is 16.2. The molecule has 28 nitrogen and oxygen atoms in total. The number of hydrogen-bond acceptors (Lipinski definition) is 18. The normalized spacial score (nSPS) is 11.9. The van der Waals surface area contributed by atoms with Crippen molar-refractivity contribution in [1.82, 2.24) is 108 Å². The minimum atomic E-state index is -0.515. The molecule has 0 aliphatic carbocycles. The lowest BCUT2D eigenvalue weighted by molar-refractivity contribution is -0.117. The summed E-state index contributed by atoms with van der Waals surface area (Å²) in [7, 11) is 0. The van der Waals surface area contributed by atoms with Crippen molar-refractivity contribution in [1.29, 1.82) is 0 Å². The topological polar surface area (TPSA) is 336 Å². The Labute approximate surface area is 557 Å². The molecule has 1 aliphatic rings. The second kappa shape index (κ2) is 34.3. The van der Waals surface area contributed by atoms with Crippen molar-refractivity contribution in [2.24, 2.45) is 0 Å². The molecule has 11 heterocycles. The van der Waals surface area contributed by atoms with Gasteiger partial charge in [-0.2, -0.15) is 4.98 Å². The quantitative estimate of drug-likeness (QED) is 0.108. The van der Waals surface area contributed by atoms with Crippen molar-refractivity contribution in [2.45, 2.75) is 230 Å². The number of rotatable bonds is 7. The maximum Gasteiger partial charge on any atom is 0.348 e. The summed E-state index contributed by atoms with van der Waals surface area (Å²) in [5, 5.41) is 7.81. The molecular formula is C67H104N22O6. The summed E-state index contributed by atoms with van der Waals surface area (Å²) in [5.74, 6) is 3.05. The molecule has 1 amide bonds. The second-order valence-electron chi connectivity index (χ2n) is 24.8. The summed E-state index contributed by atoms with van der Waals surface area (Å²) in [6, 6.07) is 3.95. The second-order valence-corrected chi connectivity index (χ2v) is 24.8. The Hall–Kier alpha value is -9.89. The molecule has 0 saturated carbocycles. The third-order valence-electron chi connectivity index (χ3n) is 14.1. The van der Waals surface area contributed by atoms with Crippen LogP contribution in [0, 0.1) is 48.5 Å². The predicted octanol–water partition coefficient (Wildman–Crippen LogP) is 11.4. The van der Waals surface area contributed by atoms with Gasteiger partial charge in [0.25, 0.3) is 17.0 Å². The maximum atomic E-state index is 11.5. The van der Waals surface area contributed by atoms with Crippen LogP contribution in [0.2, 0.25) is 0 Å². The first-order chi connectivity index (χ1) is 42.8. The zero-order chi connectivity index (χ0) is 69.1. The molecule has 11 rings (SSSR count). The van der Waals surface area contributed by atoms with Gasteiger partial charge in [-0.25, -0.2) is 59.1 Å². The highest BCUT2D eigenvalue weighted by Gasteiger charge is 2.21. The van der Waals surface area contributed by atoms with Crippen LogP contribution in [0.4, 0.5) is 0 Å². The lowest BCUT2D eigenvalue weighted by Gasteiger charge is -2.31. The first kappa shape index (κ1) is 81.2. The molecule has 0 bridgehead atoms. The number of Topliss-reactive ketones (excluding diaryl/α,β-unsaturated/α-hetero) is 1. The Balaban J connectivity index is 0.000000376. The number of nitrogens with zero attached hydrogens (tertiary/aromatic N) is 18. The number of fused-ring (bicyclic) bond motifs is 4. The van der Waals surface area contributed by atoms with E-state index in [4.69, 9.17) is 0 Å². The summed E-state index contributed by atoms with van der Waals surface area (Å²) >= 11 is 0. The van der Waals surface area contributed by atoms with Gasteiger partial charge in [0.1, 0.15) is 46.4 Å².